The number of ether oxygens (including phenoxy) is 1. The molecule has 4 rings (SSSR count). The molecule has 1 aliphatic rings. The summed E-state index contributed by atoms with van der Waals surface area (Å²) in [7, 11) is -2.77. The molecule has 11 heteroatoms. The van der Waals surface area contributed by atoms with Gasteiger partial charge in [-0.15, -0.1) is 5.10 Å². The van der Waals surface area contributed by atoms with Crippen LogP contribution < -0.4 is 9.46 Å². The van der Waals surface area contributed by atoms with E-state index in [-0.39, 0.29) is 39.5 Å². The summed E-state index contributed by atoms with van der Waals surface area (Å²) in [4.78, 5) is 18.1. The second-order valence-corrected chi connectivity index (χ2v) is 13.1. The number of aromatic nitrogens is 5. The molecule has 1 N–H and O–H groups in total. The van der Waals surface area contributed by atoms with Crippen molar-refractivity contribution in [1.29, 1.82) is 0 Å². The number of aryl methyl sites for hydroxylation is 2. The van der Waals surface area contributed by atoms with Crippen LogP contribution in [0.3, 0.4) is 0 Å². The zero-order valence-corrected chi connectivity index (χ0v) is 23.5. The highest BCUT2D eigenvalue weighted by molar-refractivity contribution is 7.90. The van der Waals surface area contributed by atoms with Gasteiger partial charge >= 0.3 is 0 Å². The highest BCUT2D eigenvalue weighted by Crippen LogP contribution is 2.51. The van der Waals surface area contributed by atoms with Gasteiger partial charge in [0.1, 0.15) is 4.90 Å². The minimum Gasteiger partial charge on any atom is -0.476 e. The Labute approximate surface area is 231 Å². The third kappa shape index (κ3) is 5.92. The van der Waals surface area contributed by atoms with Crippen LogP contribution >= 0.6 is 0 Å². The minimum atomic E-state index is -4.33. The molecule has 0 spiro atoms. The summed E-state index contributed by atoms with van der Waals surface area (Å²) >= 11 is 0. The Bertz CT molecular complexity index is 1640. The minimum absolute atomic E-state index is 0.0707. The molecule has 1 fully saturated rings. The lowest BCUT2D eigenvalue weighted by Crippen LogP contribution is -2.33. The van der Waals surface area contributed by atoms with E-state index < -0.39 is 46.4 Å². The Balaban J connectivity index is 1.80. The van der Waals surface area contributed by atoms with E-state index in [0.29, 0.717) is 12.5 Å². The van der Waals surface area contributed by atoms with Crippen LogP contribution in [0.1, 0.15) is 88.8 Å². The van der Waals surface area contributed by atoms with Crippen molar-refractivity contribution >= 4 is 15.9 Å². The fourth-order valence-corrected chi connectivity index (χ4v) is 5.70. The van der Waals surface area contributed by atoms with Gasteiger partial charge in [-0.2, -0.15) is 5.10 Å². The molecule has 3 heterocycles. The lowest BCUT2D eigenvalue weighted by molar-refractivity contribution is 0.0978. The molecule has 10 nitrogen and oxygen atoms in total. The SMILES string of the molecule is [2H]C([2H])([2H])[C@@H]1CC(c2nc(-n3ccc(OCC(C)(C)C)n3)ccc2C(=O)NS(=O)(=O)c2cn(C)nc2C)C(C)(C)C1([2H])[2H]. The van der Waals surface area contributed by atoms with Crippen LogP contribution in [-0.4, -0.2) is 45.5 Å². The number of hydrogen-bond donors (Lipinski definition) is 1. The van der Waals surface area contributed by atoms with Crippen molar-refractivity contribution in [3.63, 3.8) is 0 Å². The maximum absolute atomic E-state index is 13.6. The quantitative estimate of drug-likeness (QED) is 0.466. The first-order chi connectivity index (χ1) is 19.5. The van der Waals surface area contributed by atoms with Crippen LogP contribution in [-0.2, 0) is 17.1 Å². The lowest BCUT2D eigenvalue weighted by atomic mass is 9.78. The second kappa shape index (κ2) is 9.83. The molecule has 0 aliphatic heterocycles. The van der Waals surface area contributed by atoms with Crippen LogP contribution in [0.2, 0.25) is 0 Å². The summed E-state index contributed by atoms with van der Waals surface area (Å²) in [6.07, 6.45) is 0.594. The monoisotopic (exact) mass is 547 g/mol. The van der Waals surface area contributed by atoms with Gasteiger partial charge in [-0.25, -0.2) is 22.8 Å². The fourth-order valence-electron chi connectivity index (χ4n) is 4.52. The van der Waals surface area contributed by atoms with Crippen LogP contribution in [0, 0.1) is 23.7 Å². The van der Waals surface area contributed by atoms with Gasteiger partial charge in [0.15, 0.2) is 5.82 Å². The summed E-state index contributed by atoms with van der Waals surface area (Å²) in [5.74, 6) is -2.58. The first kappa shape index (κ1) is 21.7. The molecular weight excluding hydrogens is 504 g/mol. The molecular formula is C27H38N6O4S. The maximum Gasteiger partial charge on any atom is 0.267 e. The molecule has 0 saturated heterocycles. The number of rotatable bonds is 7. The molecule has 206 valence electrons. The van der Waals surface area contributed by atoms with E-state index in [2.05, 4.69) is 14.9 Å². The Morgan fingerprint density at radius 3 is 2.63 bits per heavy atom. The predicted octanol–water partition coefficient (Wildman–Crippen LogP) is 4.39. The summed E-state index contributed by atoms with van der Waals surface area (Å²) in [5, 5.41) is 8.46. The third-order valence-electron chi connectivity index (χ3n) is 6.31. The van der Waals surface area contributed by atoms with Crippen molar-refractivity contribution in [2.24, 2.45) is 23.8 Å². The fraction of sp³-hybridized carbons (Fsp3) is 0.556. The molecule has 1 amide bonds. The van der Waals surface area contributed by atoms with Crippen molar-refractivity contribution in [2.45, 2.75) is 72.0 Å². The van der Waals surface area contributed by atoms with E-state index in [1.807, 2.05) is 20.8 Å². The average molecular weight is 548 g/mol. The van der Waals surface area contributed by atoms with E-state index in [9.17, 15) is 13.2 Å². The summed E-state index contributed by atoms with van der Waals surface area (Å²) in [6.45, 7) is 8.56. The van der Waals surface area contributed by atoms with Gasteiger partial charge in [0, 0.05) is 38.3 Å². The van der Waals surface area contributed by atoms with Gasteiger partial charge in [0.2, 0.25) is 5.88 Å². The van der Waals surface area contributed by atoms with E-state index in [0.717, 1.165) is 0 Å². The van der Waals surface area contributed by atoms with Gasteiger partial charge in [-0.3, -0.25) is 9.48 Å². The zero-order chi connectivity index (χ0) is 32.3. The topological polar surface area (TPSA) is 121 Å². The zero-order valence-electron chi connectivity index (χ0n) is 27.7. The first-order valence-corrected chi connectivity index (χ1v) is 13.8. The number of nitrogens with zero attached hydrogens (tertiary/aromatic N) is 5. The number of amides is 1. The molecule has 3 aromatic heterocycles. The van der Waals surface area contributed by atoms with E-state index in [1.165, 1.54) is 34.6 Å². The Kier molecular flexibility index (Phi) is 5.61. The summed E-state index contributed by atoms with van der Waals surface area (Å²) < 4.78 is 78.6. The molecule has 0 aromatic carbocycles. The highest BCUT2D eigenvalue weighted by atomic mass is 32.2. The van der Waals surface area contributed by atoms with E-state index in [4.69, 9.17) is 16.6 Å². The molecule has 1 aliphatic carbocycles. The molecule has 0 bridgehead atoms. The Morgan fingerprint density at radius 1 is 1.29 bits per heavy atom. The van der Waals surface area contributed by atoms with Crippen LogP contribution in [0.4, 0.5) is 0 Å². The van der Waals surface area contributed by atoms with Crippen molar-refractivity contribution in [3.8, 4) is 11.7 Å². The number of sulfonamides is 1. The molecule has 1 saturated carbocycles. The van der Waals surface area contributed by atoms with Gasteiger partial charge in [-0.1, -0.05) is 41.5 Å². The lowest BCUT2D eigenvalue weighted by Gasteiger charge is -2.28. The molecule has 3 aromatic rings. The van der Waals surface area contributed by atoms with Crippen LogP contribution in [0.5, 0.6) is 5.88 Å². The highest BCUT2D eigenvalue weighted by Gasteiger charge is 2.42. The normalized spacial score (nSPS) is 23.1. The largest absolute Gasteiger partial charge is 0.476 e. The van der Waals surface area contributed by atoms with E-state index in [1.54, 1.807) is 33.2 Å². The molecule has 1 unspecified atom stereocenters. The van der Waals surface area contributed by atoms with Gasteiger partial charge < -0.3 is 4.74 Å². The Hall–Kier alpha value is -3.21. The number of hydrogen-bond acceptors (Lipinski definition) is 7. The summed E-state index contributed by atoms with van der Waals surface area (Å²) in [6, 6.07) is 4.53. The first-order valence-electron chi connectivity index (χ1n) is 14.8. The predicted molar refractivity (Wildman–Crippen MR) is 144 cm³/mol. The smallest absolute Gasteiger partial charge is 0.267 e. The number of nitrogens with one attached hydrogen (secondary N) is 1. The maximum atomic E-state index is 13.6. The molecule has 0 radical (unpaired) electrons. The number of carbonyl (C=O) groups excluding carboxylic acids is 1. The van der Waals surface area contributed by atoms with Crippen molar-refractivity contribution in [2.75, 3.05) is 6.61 Å². The number of carbonyl (C=O) groups is 1. The van der Waals surface area contributed by atoms with Gasteiger partial charge in [-0.05, 0) is 48.6 Å². The molecule has 38 heavy (non-hydrogen) atoms. The van der Waals surface area contributed by atoms with Gasteiger partial charge in [0.05, 0.1) is 23.6 Å². The van der Waals surface area contributed by atoms with Gasteiger partial charge in [0.25, 0.3) is 15.9 Å². The summed E-state index contributed by atoms with van der Waals surface area (Å²) in [5.41, 5.74) is -1.25. The molecule has 2 atom stereocenters. The Morgan fingerprint density at radius 2 is 2.03 bits per heavy atom. The van der Waals surface area contributed by atoms with Crippen molar-refractivity contribution in [1.82, 2.24) is 29.3 Å². The van der Waals surface area contributed by atoms with Crippen molar-refractivity contribution in [3.05, 3.63) is 47.5 Å². The standard InChI is InChI=1S/C27H38N6O4S/c1-17-13-20(27(6,7)14-17)24-19(25(34)31-38(35,36)21-15-32(8)29-18(21)2)9-10-22(28-24)33-12-11-23(30-33)37-16-26(3,4)5/h9-12,15,17,20H,13-14,16H2,1-8H3,(H,31,34)/t17-,20?/m1/s1/i1D3,14D2. The van der Waals surface area contributed by atoms with Crippen LogP contribution in [0.25, 0.3) is 5.82 Å². The average Bonchev–Trinajstić information content (AvgIpc) is 3.51. The number of pyridine rings is 1. The van der Waals surface area contributed by atoms with Crippen LogP contribution in [0.15, 0.2) is 35.5 Å². The van der Waals surface area contributed by atoms with E-state index >= 15 is 0 Å². The van der Waals surface area contributed by atoms with Crippen molar-refractivity contribution < 1.29 is 24.8 Å². The second-order valence-electron chi connectivity index (χ2n) is 11.4. The third-order valence-corrected chi connectivity index (χ3v) is 7.74.